The van der Waals surface area contributed by atoms with Crippen molar-refractivity contribution in [3.63, 3.8) is 0 Å². The molecule has 0 aromatic heterocycles. The molecule has 1 atom stereocenters. The highest BCUT2D eigenvalue weighted by atomic mass is 19.1. The summed E-state index contributed by atoms with van der Waals surface area (Å²) < 4.78 is 13.7. The van der Waals surface area contributed by atoms with Crippen LogP contribution >= 0.6 is 0 Å². The Morgan fingerprint density at radius 1 is 0.842 bits per heavy atom. The van der Waals surface area contributed by atoms with Crippen LogP contribution in [0.2, 0.25) is 0 Å². The fraction of sp³-hybridized carbons (Fsp3) is 0.303. The van der Waals surface area contributed by atoms with Crippen LogP contribution in [-0.4, -0.2) is 53.3 Å². The monoisotopic (exact) mass is 511 g/mol. The first-order valence-electron chi connectivity index (χ1n) is 13.4. The van der Waals surface area contributed by atoms with Gasteiger partial charge >= 0.3 is 0 Å². The number of halogens is 1. The Bertz CT molecular complexity index is 1160. The zero-order valence-corrected chi connectivity index (χ0v) is 22.5. The van der Waals surface area contributed by atoms with Crippen LogP contribution in [0, 0.1) is 5.82 Å². The average molecular weight is 512 g/mol. The fourth-order valence-electron chi connectivity index (χ4n) is 5.17. The van der Waals surface area contributed by atoms with E-state index in [1.807, 2.05) is 73.4 Å². The van der Waals surface area contributed by atoms with Gasteiger partial charge in [-0.3, -0.25) is 14.6 Å². The van der Waals surface area contributed by atoms with E-state index in [1.165, 1.54) is 28.8 Å². The number of amides is 1. The number of piperazine rings is 1. The maximum atomic E-state index is 13.7. The summed E-state index contributed by atoms with van der Waals surface area (Å²) >= 11 is 0. The van der Waals surface area contributed by atoms with Crippen molar-refractivity contribution in [2.45, 2.75) is 33.0 Å². The normalized spacial score (nSPS) is 15.8. The fourth-order valence-corrected chi connectivity index (χ4v) is 5.17. The molecule has 0 bridgehead atoms. The summed E-state index contributed by atoms with van der Waals surface area (Å²) in [6.45, 7) is 8.76. The molecule has 38 heavy (non-hydrogen) atoms. The van der Waals surface area contributed by atoms with Gasteiger partial charge in [0.1, 0.15) is 5.82 Å². The summed E-state index contributed by atoms with van der Waals surface area (Å²) in [7, 11) is 0. The lowest BCUT2D eigenvalue weighted by Gasteiger charge is -2.40. The van der Waals surface area contributed by atoms with Crippen LogP contribution in [0.15, 0.2) is 109 Å². The van der Waals surface area contributed by atoms with Crippen molar-refractivity contribution < 1.29 is 9.18 Å². The highest BCUT2D eigenvalue weighted by molar-refractivity contribution is 5.78. The molecule has 1 aliphatic heterocycles. The molecule has 4 rings (SSSR count). The summed E-state index contributed by atoms with van der Waals surface area (Å²) in [4.78, 5) is 20.1. The van der Waals surface area contributed by atoms with Crippen molar-refractivity contribution >= 4 is 5.91 Å². The average Bonchev–Trinajstić information content (AvgIpc) is 2.95. The molecule has 3 aromatic rings. The van der Waals surface area contributed by atoms with E-state index in [0.29, 0.717) is 19.6 Å². The number of carbonyl (C=O) groups excluding carboxylic acids is 1. The van der Waals surface area contributed by atoms with Crippen molar-refractivity contribution in [3.8, 4) is 0 Å². The van der Waals surface area contributed by atoms with E-state index >= 15 is 0 Å². The topological polar surface area (TPSA) is 26.8 Å². The minimum atomic E-state index is -0.230. The van der Waals surface area contributed by atoms with Crippen LogP contribution in [0.1, 0.15) is 36.6 Å². The number of nitrogens with zero attached hydrogens (tertiary/aromatic N) is 3. The van der Waals surface area contributed by atoms with Crippen LogP contribution in [0.5, 0.6) is 0 Å². The van der Waals surface area contributed by atoms with Gasteiger partial charge in [0.25, 0.3) is 0 Å². The molecule has 198 valence electrons. The predicted molar refractivity (Wildman–Crippen MR) is 153 cm³/mol. The molecular formula is C33H38FN3O. The molecule has 1 saturated heterocycles. The minimum Gasteiger partial charge on any atom is -0.339 e. The van der Waals surface area contributed by atoms with Crippen molar-refractivity contribution in [2.75, 3.05) is 32.7 Å². The Morgan fingerprint density at radius 3 is 1.89 bits per heavy atom. The van der Waals surface area contributed by atoms with Gasteiger partial charge in [0.05, 0.1) is 12.6 Å². The molecule has 3 aromatic carbocycles. The summed E-state index contributed by atoms with van der Waals surface area (Å²) in [6, 6.07) is 27.5. The number of allylic oxidation sites excluding steroid dienone is 2. The molecule has 1 unspecified atom stereocenters. The highest BCUT2D eigenvalue weighted by Gasteiger charge is 2.29. The summed E-state index contributed by atoms with van der Waals surface area (Å²) in [5, 5.41) is 0. The van der Waals surface area contributed by atoms with Crippen molar-refractivity contribution in [2.24, 2.45) is 0 Å². The zero-order chi connectivity index (χ0) is 26.7. The van der Waals surface area contributed by atoms with Crippen molar-refractivity contribution in [1.29, 1.82) is 0 Å². The number of benzene rings is 3. The van der Waals surface area contributed by atoms with Gasteiger partial charge in [-0.2, -0.15) is 0 Å². The van der Waals surface area contributed by atoms with E-state index in [1.54, 1.807) is 0 Å². The van der Waals surface area contributed by atoms with Gasteiger partial charge in [-0.1, -0.05) is 91.0 Å². The highest BCUT2D eigenvalue weighted by Crippen LogP contribution is 2.31. The van der Waals surface area contributed by atoms with E-state index < -0.39 is 0 Å². The first-order valence-corrected chi connectivity index (χ1v) is 13.4. The minimum absolute atomic E-state index is 0.0294. The lowest BCUT2D eigenvalue weighted by Crippen LogP contribution is -2.52. The third-order valence-electron chi connectivity index (χ3n) is 7.08. The second-order valence-electron chi connectivity index (χ2n) is 9.78. The molecule has 1 aliphatic rings. The Kier molecular flexibility index (Phi) is 10.0. The van der Waals surface area contributed by atoms with E-state index in [-0.39, 0.29) is 17.8 Å². The van der Waals surface area contributed by atoms with Gasteiger partial charge in [-0.05, 0) is 48.2 Å². The smallest absolute Gasteiger partial charge is 0.236 e. The second-order valence-corrected chi connectivity index (χ2v) is 9.78. The third kappa shape index (κ3) is 7.50. The van der Waals surface area contributed by atoms with Gasteiger partial charge in [0, 0.05) is 39.3 Å². The molecule has 4 nitrogen and oxygen atoms in total. The molecule has 0 radical (unpaired) electrons. The Morgan fingerprint density at radius 2 is 1.39 bits per heavy atom. The molecule has 0 aliphatic carbocycles. The molecular weight excluding hydrogens is 473 g/mol. The van der Waals surface area contributed by atoms with Gasteiger partial charge in [-0.15, -0.1) is 0 Å². The molecule has 1 heterocycles. The Balaban J connectivity index is 1.43. The first-order chi connectivity index (χ1) is 18.6. The molecule has 5 heteroatoms. The maximum absolute atomic E-state index is 13.7. The largest absolute Gasteiger partial charge is 0.339 e. The third-order valence-corrected chi connectivity index (χ3v) is 7.08. The number of rotatable bonds is 10. The van der Waals surface area contributed by atoms with E-state index in [2.05, 4.69) is 46.2 Å². The molecule has 1 fully saturated rings. The summed E-state index contributed by atoms with van der Waals surface area (Å²) in [6.07, 6.45) is 6.28. The molecule has 0 N–H and O–H groups in total. The zero-order valence-electron chi connectivity index (χ0n) is 22.5. The SMILES string of the molecule is C/C=C\C(=C/C)C(c1ccc(F)cc1)N1CCN(C(=O)CN(Cc2ccccc2)Cc2ccccc2)CC1. The number of hydrogen-bond donors (Lipinski definition) is 0. The van der Waals surface area contributed by atoms with Crippen LogP contribution in [0.4, 0.5) is 4.39 Å². The van der Waals surface area contributed by atoms with Crippen molar-refractivity contribution in [3.05, 3.63) is 131 Å². The molecule has 0 spiro atoms. The van der Waals surface area contributed by atoms with Crippen LogP contribution in [0.3, 0.4) is 0 Å². The van der Waals surface area contributed by atoms with Gasteiger partial charge in [-0.25, -0.2) is 4.39 Å². The second kappa shape index (κ2) is 13.8. The number of carbonyl (C=O) groups is 1. The molecule has 1 amide bonds. The van der Waals surface area contributed by atoms with Gasteiger partial charge < -0.3 is 4.90 Å². The van der Waals surface area contributed by atoms with Crippen LogP contribution in [-0.2, 0) is 17.9 Å². The van der Waals surface area contributed by atoms with Crippen LogP contribution in [0.25, 0.3) is 0 Å². The predicted octanol–water partition coefficient (Wildman–Crippen LogP) is 6.24. The van der Waals surface area contributed by atoms with Crippen LogP contribution < -0.4 is 0 Å². The Hall–Kier alpha value is -3.54. The van der Waals surface area contributed by atoms with Gasteiger partial charge in [0.2, 0.25) is 5.91 Å². The maximum Gasteiger partial charge on any atom is 0.236 e. The van der Waals surface area contributed by atoms with E-state index in [4.69, 9.17) is 0 Å². The standard InChI is InChI=1S/C33H38FN3O/c1-3-11-29(4-2)33(30-16-18-31(34)19-17-30)37-22-20-36(21-23-37)32(38)26-35(24-27-12-7-5-8-13-27)25-28-14-9-6-10-15-28/h3-19,33H,20-26H2,1-2H3/b11-3-,29-4+. The quantitative estimate of drug-likeness (QED) is 0.302. The summed E-state index contributed by atoms with van der Waals surface area (Å²) in [5.41, 5.74) is 4.64. The lowest BCUT2D eigenvalue weighted by molar-refractivity contribution is -0.134. The van der Waals surface area contributed by atoms with E-state index in [0.717, 1.165) is 31.7 Å². The van der Waals surface area contributed by atoms with Gasteiger partial charge in [0.15, 0.2) is 0 Å². The molecule has 0 saturated carbocycles. The first kappa shape index (κ1) is 27.5. The summed E-state index contributed by atoms with van der Waals surface area (Å²) in [5.74, 6) is -0.0684. The lowest BCUT2D eigenvalue weighted by atomic mass is 9.95. The van der Waals surface area contributed by atoms with E-state index in [9.17, 15) is 9.18 Å². The van der Waals surface area contributed by atoms with Crippen molar-refractivity contribution in [1.82, 2.24) is 14.7 Å². The Labute approximate surface area is 226 Å². The number of hydrogen-bond acceptors (Lipinski definition) is 3.